The summed E-state index contributed by atoms with van der Waals surface area (Å²) in [5.74, 6) is -1.47. The van der Waals surface area contributed by atoms with Crippen molar-refractivity contribution < 1.29 is 23.8 Å². The van der Waals surface area contributed by atoms with E-state index in [1.165, 1.54) is 16.8 Å². The number of aromatic nitrogens is 2. The summed E-state index contributed by atoms with van der Waals surface area (Å²) in [6.45, 7) is 1.61. The lowest BCUT2D eigenvalue weighted by Gasteiger charge is -2.25. The van der Waals surface area contributed by atoms with Crippen molar-refractivity contribution in [3.8, 4) is 0 Å². The number of rotatable bonds is 10. The topological polar surface area (TPSA) is 117 Å². The van der Waals surface area contributed by atoms with E-state index in [4.69, 9.17) is 14.2 Å². The molecule has 0 aliphatic heterocycles. The third-order valence-electron chi connectivity index (χ3n) is 4.71. The lowest BCUT2D eigenvalue weighted by atomic mass is 10.1. The van der Waals surface area contributed by atoms with Gasteiger partial charge in [-0.1, -0.05) is 43.3 Å². The van der Waals surface area contributed by atoms with Crippen LogP contribution in [0.3, 0.4) is 0 Å². The predicted octanol–water partition coefficient (Wildman–Crippen LogP) is 2.40. The second-order valence-electron chi connectivity index (χ2n) is 7.22. The Morgan fingerprint density at radius 1 is 0.848 bits per heavy atom. The molecule has 2 atom stereocenters. The van der Waals surface area contributed by atoms with Gasteiger partial charge in [0.1, 0.15) is 12.8 Å². The van der Waals surface area contributed by atoms with Gasteiger partial charge >= 0.3 is 17.6 Å². The van der Waals surface area contributed by atoms with E-state index in [2.05, 4.69) is 4.98 Å². The van der Waals surface area contributed by atoms with Gasteiger partial charge in [-0.2, -0.15) is 0 Å². The maximum atomic E-state index is 12.3. The standard InChI is InChI=1S/C24H24N2O7/c1-17(16-33-23(29)19-10-6-3-7-11-19)21(26-13-12-20(27)25-24(26)30)31-14-15-32-22(28)18-8-4-2-5-9-18/h2-13,17,21H,14-16H2,1H3,(H,25,27,30)/t17?,21-/m0/s1. The molecule has 9 heteroatoms. The van der Waals surface area contributed by atoms with E-state index in [-0.39, 0.29) is 19.8 Å². The van der Waals surface area contributed by atoms with Crippen LogP contribution in [-0.2, 0) is 14.2 Å². The summed E-state index contributed by atoms with van der Waals surface area (Å²) in [5, 5.41) is 0. The molecule has 1 heterocycles. The Labute approximate surface area is 189 Å². The highest BCUT2D eigenvalue weighted by atomic mass is 16.6. The maximum absolute atomic E-state index is 12.3. The number of carbonyl (C=O) groups excluding carboxylic acids is 2. The zero-order valence-electron chi connectivity index (χ0n) is 18.0. The average molecular weight is 452 g/mol. The summed E-state index contributed by atoms with van der Waals surface area (Å²) in [6, 6.07) is 18.2. The van der Waals surface area contributed by atoms with Gasteiger partial charge < -0.3 is 14.2 Å². The van der Waals surface area contributed by atoms with E-state index in [1.54, 1.807) is 67.6 Å². The normalized spacial score (nSPS) is 12.5. The van der Waals surface area contributed by atoms with E-state index in [9.17, 15) is 19.2 Å². The highest BCUT2D eigenvalue weighted by Crippen LogP contribution is 2.19. The quantitative estimate of drug-likeness (QED) is 0.371. The van der Waals surface area contributed by atoms with Crippen molar-refractivity contribution in [2.24, 2.45) is 5.92 Å². The highest BCUT2D eigenvalue weighted by molar-refractivity contribution is 5.89. The number of benzene rings is 2. The minimum atomic E-state index is -0.881. The number of hydrogen-bond donors (Lipinski definition) is 1. The van der Waals surface area contributed by atoms with Gasteiger partial charge in [0.2, 0.25) is 0 Å². The van der Waals surface area contributed by atoms with Crippen LogP contribution in [0, 0.1) is 5.92 Å². The van der Waals surface area contributed by atoms with Gasteiger partial charge in [0.05, 0.1) is 24.3 Å². The molecule has 0 saturated heterocycles. The van der Waals surface area contributed by atoms with Gasteiger partial charge in [-0.05, 0) is 24.3 Å². The Morgan fingerprint density at radius 3 is 2.00 bits per heavy atom. The molecule has 33 heavy (non-hydrogen) atoms. The molecule has 3 aromatic rings. The summed E-state index contributed by atoms with van der Waals surface area (Å²) in [5.41, 5.74) is -0.409. The fraction of sp³-hybridized carbons (Fsp3) is 0.250. The fourth-order valence-corrected chi connectivity index (χ4v) is 3.05. The van der Waals surface area contributed by atoms with Crippen molar-refractivity contribution in [1.29, 1.82) is 0 Å². The van der Waals surface area contributed by atoms with Crippen LogP contribution in [0.2, 0.25) is 0 Å². The van der Waals surface area contributed by atoms with E-state index in [0.717, 1.165) is 0 Å². The van der Waals surface area contributed by atoms with E-state index in [1.807, 2.05) is 0 Å². The zero-order valence-corrected chi connectivity index (χ0v) is 18.0. The van der Waals surface area contributed by atoms with E-state index < -0.39 is 35.3 Å². The van der Waals surface area contributed by atoms with Crippen molar-refractivity contribution in [3.05, 3.63) is 105 Å². The Kier molecular flexibility index (Phi) is 8.31. The van der Waals surface area contributed by atoms with E-state index >= 15 is 0 Å². The number of H-pyrrole nitrogens is 1. The lowest BCUT2D eigenvalue weighted by molar-refractivity contribution is -0.0680. The van der Waals surface area contributed by atoms with Gasteiger partial charge in [-0.15, -0.1) is 0 Å². The van der Waals surface area contributed by atoms with Gasteiger partial charge in [-0.25, -0.2) is 14.4 Å². The highest BCUT2D eigenvalue weighted by Gasteiger charge is 2.23. The minimum Gasteiger partial charge on any atom is -0.462 e. The van der Waals surface area contributed by atoms with Crippen molar-refractivity contribution >= 4 is 11.9 Å². The first kappa shape index (κ1) is 23.7. The first-order valence-corrected chi connectivity index (χ1v) is 10.3. The number of nitrogens with one attached hydrogen (secondary N) is 1. The molecule has 0 radical (unpaired) electrons. The van der Waals surface area contributed by atoms with Crippen molar-refractivity contribution in [1.82, 2.24) is 9.55 Å². The SMILES string of the molecule is CC(COC(=O)c1ccccc1)[C@H](OCCOC(=O)c1ccccc1)n1ccc(=O)[nH]c1=O. The van der Waals surface area contributed by atoms with Crippen molar-refractivity contribution in [2.75, 3.05) is 19.8 Å². The molecule has 9 nitrogen and oxygen atoms in total. The number of nitrogens with zero attached hydrogens (tertiary/aromatic N) is 1. The maximum Gasteiger partial charge on any atom is 0.338 e. The molecule has 0 amide bonds. The Morgan fingerprint density at radius 2 is 1.42 bits per heavy atom. The second kappa shape index (κ2) is 11.6. The van der Waals surface area contributed by atoms with Crippen LogP contribution in [0.15, 0.2) is 82.5 Å². The van der Waals surface area contributed by atoms with Crippen LogP contribution in [0.25, 0.3) is 0 Å². The third kappa shape index (κ3) is 6.75. The summed E-state index contributed by atoms with van der Waals surface area (Å²) in [4.78, 5) is 50.2. The van der Waals surface area contributed by atoms with Gasteiger partial charge in [0.15, 0.2) is 0 Å². The molecule has 0 aliphatic rings. The molecule has 0 fully saturated rings. The molecule has 1 unspecified atom stereocenters. The summed E-state index contributed by atoms with van der Waals surface area (Å²) in [6.07, 6.45) is 0.422. The average Bonchev–Trinajstić information content (AvgIpc) is 2.84. The molecule has 3 rings (SSSR count). The van der Waals surface area contributed by atoms with Crippen LogP contribution >= 0.6 is 0 Å². The molecule has 1 N–H and O–H groups in total. The summed E-state index contributed by atoms with van der Waals surface area (Å²) in [7, 11) is 0. The Hall–Kier alpha value is -3.98. The Bertz CT molecular complexity index is 1170. The molecule has 2 aromatic carbocycles. The van der Waals surface area contributed by atoms with Crippen molar-refractivity contribution in [3.63, 3.8) is 0 Å². The first-order valence-electron chi connectivity index (χ1n) is 10.3. The molecule has 172 valence electrons. The monoisotopic (exact) mass is 452 g/mol. The first-order chi connectivity index (χ1) is 16.0. The predicted molar refractivity (Wildman–Crippen MR) is 119 cm³/mol. The molecule has 0 aliphatic carbocycles. The third-order valence-corrected chi connectivity index (χ3v) is 4.71. The van der Waals surface area contributed by atoms with Crippen LogP contribution in [0.5, 0.6) is 0 Å². The molecule has 0 spiro atoms. The smallest absolute Gasteiger partial charge is 0.338 e. The number of aromatic amines is 1. The van der Waals surface area contributed by atoms with Gasteiger partial charge in [0, 0.05) is 18.2 Å². The van der Waals surface area contributed by atoms with Gasteiger partial charge in [0.25, 0.3) is 5.56 Å². The summed E-state index contributed by atoms with van der Waals surface area (Å²) < 4.78 is 17.6. The van der Waals surface area contributed by atoms with Crippen LogP contribution in [0.4, 0.5) is 0 Å². The van der Waals surface area contributed by atoms with Crippen LogP contribution in [-0.4, -0.2) is 41.3 Å². The van der Waals surface area contributed by atoms with Crippen molar-refractivity contribution in [2.45, 2.75) is 13.2 Å². The zero-order chi connectivity index (χ0) is 23.6. The fourth-order valence-electron chi connectivity index (χ4n) is 3.05. The Balaban J connectivity index is 1.63. The van der Waals surface area contributed by atoms with Gasteiger partial charge in [-0.3, -0.25) is 14.3 Å². The number of esters is 2. The molecular weight excluding hydrogens is 428 g/mol. The lowest BCUT2D eigenvalue weighted by Crippen LogP contribution is -2.37. The largest absolute Gasteiger partial charge is 0.462 e. The number of ether oxygens (including phenoxy) is 3. The number of hydrogen-bond acceptors (Lipinski definition) is 7. The summed E-state index contributed by atoms with van der Waals surface area (Å²) >= 11 is 0. The minimum absolute atomic E-state index is 0.0220. The molecule has 1 aromatic heterocycles. The van der Waals surface area contributed by atoms with Crippen LogP contribution < -0.4 is 11.2 Å². The van der Waals surface area contributed by atoms with E-state index in [0.29, 0.717) is 11.1 Å². The van der Waals surface area contributed by atoms with Crippen LogP contribution in [0.1, 0.15) is 33.9 Å². The number of carbonyl (C=O) groups is 2. The molecular formula is C24H24N2O7. The molecule has 0 saturated carbocycles. The molecule has 0 bridgehead atoms. The second-order valence-corrected chi connectivity index (χ2v) is 7.22.